The molecule has 30 heavy (non-hydrogen) atoms. The van der Waals surface area contributed by atoms with Gasteiger partial charge in [0.1, 0.15) is 5.75 Å². The minimum Gasteiger partial charge on any atom is -0.506 e. The molecule has 0 radical (unpaired) electrons. The van der Waals surface area contributed by atoms with Crippen LogP contribution in [0.2, 0.25) is 0 Å². The summed E-state index contributed by atoms with van der Waals surface area (Å²) >= 11 is 0. The van der Waals surface area contributed by atoms with Gasteiger partial charge in [0, 0.05) is 11.3 Å². The second kappa shape index (κ2) is 8.28. The van der Waals surface area contributed by atoms with Gasteiger partial charge in [-0.1, -0.05) is 18.2 Å². The summed E-state index contributed by atoms with van der Waals surface area (Å²) in [6.45, 7) is 1.84. The molecule has 0 spiro atoms. The van der Waals surface area contributed by atoms with E-state index in [1.165, 1.54) is 18.2 Å². The first-order valence-corrected chi connectivity index (χ1v) is 8.82. The lowest BCUT2D eigenvalue weighted by atomic mass is 9.99. The van der Waals surface area contributed by atoms with E-state index in [9.17, 15) is 27.9 Å². The molecule has 0 saturated carbocycles. The fourth-order valence-electron chi connectivity index (χ4n) is 2.93. The molecular formula is C22H17F3N2O3. The first kappa shape index (κ1) is 20.9. The first-order valence-electron chi connectivity index (χ1n) is 8.82. The topological polar surface area (TPSA) is 78.4 Å². The number of benzene rings is 3. The normalized spacial score (nSPS) is 11.1. The van der Waals surface area contributed by atoms with E-state index in [1.807, 2.05) is 6.92 Å². The molecular weight excluding hydrogens is 397 g/mol. The third kappa shape index (κ3) is 4.60. The van der Waals surface area contributed by atoms with Crippen LogP contribution in [0.15, 0.2) is 60.7 Å². The van der Waals surface area contributed by atoms with E-state index in [4.69, 9.17) is 0 Å². The molecule has 0 aromatic heterocycles. The van der Waals surface area contributed by atoms with E-state index in [1.54, 1.807) is 30.3 Å². The van der Waals surface area contributed by atoms with E-state index >= 15 is 0 Å². The molecule has 8 heteroatoms. The van der Waals surface area contributed by atoms with E-state index < -0.39 is 17.6 Å². The number of amides is 2. The van der Waals surface area contributed by atoms with E-state index in [2.05, 4.69) is 10.6 Å². The third-order valence-electron chi connectivity index (χ3n) is 4.47. The maximum Gasteiger partial charge on any atom is 0.416 e. The van der Waals surface area contributed by atoms with Crippen LogP contribution in [0, 0.1) is 6.92 Å². The standard InChI is InChI=1S/C22H17F3N2O3/c1-13-5-7-17(11-18(13)14-6-8-20(29)19(10-14)26-12-28)27-21(30)15-3-2-4-16(9-15)22(23,24)25/h2-12,29H,1H3,(H,26,28)(H,27,30). The minimum absolute atomic E-state index is 0.0995. The second-order valence-corrected chi connectivity index (χ2v) is 6.56. The summed E-state index contributed by atoms with van der Waals surface area (Å²) in [6, 6.07) is 13.9. The van der Waals surface area contributed by atoms with Crippen molar-refractivity contribution < 1.29 is 27.9 Å². The highest BCUT2D eigenvalue weighted by Gasteiger charge is 2.30. The molecule has 3 aromatic carbocycles. The van der Waals surface area contributed by atoms with Crippen LogP contribution >= 0.6 is 0 Å². The molecule has 0 unspecified atom stereocenters. The van der Waals surface area contributed by atoms with Crippen LogP contribution in [0.3, 0.4) is 0 Å². The van der Waals surface area contributed by atoms with Crippen molar-refractivity contribution in [3.8, 4) is 16.9 Å². The molecule has 3 N–H and O–H groups in total. The zero-order valence-corrected chi connectivity index (χ0v) is 15.7. The summed E-state index contributed by atoms with van der Waals surface area (Å²) in [5.74, 6) is -0.776. The van der Waals surface area contributed by atoms with Crippen LogP contribution in [0.4, 0.5) is 24.5 Å². The Morgan fingerprint density at radius 1 is 1.03 bits per heavy atom. The van der Waals surface area contributed by atoms with Gasteiger partial charge < -0.3 is 15.7 Å². The van der Waals surface area contributed by atoms with Gasteiger partial charge in [0.2, 0.25) is 6.41 Å². The number of hydrogen-bond donors (Lipinski definition) is 3. The monoisotopic (exact) mass is 414 g/mol. The molecule has 0 aliphatic heterocycles. The lowest BCUT2D eigenvalue weighted by Gasteiger charge is -2.13. The molecule has 0 bridgehead atoms. The molecule has 0 fully saturated rings. The Labute approximate surface area is 170 Å². The van der Waals surface area contributed by atoms with Gasteiger partial charge in [-0.05, 0) is 66.1 Å². The maximum atomic E-state index is 12.9. The molecule has 3 aromatic rings. The van der Waals surface area contributed by atoms with Crippen LogP contribution < -0.4 is 10.6 Å². The molecule has 154 valence electrons. The zero-order valence-electron chi connectivity index (χ0n) is 15.7. The molecule has 5 nitrogen and oxygen atoms in total. The molecule has 0 saturated heterocycles. The maximum absolute atomic E-state index is 12.9. The predicted octanol–water partition coefficient (Wildman–Crippen LogP) is 5.21. The number of anilines is 2. The first-order chi connectivity index (χ1) is 14.2. The third-order valence-corrected chi connectivity index (χ3v) is 4.47. The van der Waals surface area contributed by atoms with Gasteiger partial charge in [-0.3, -0.25) is 9.59 Å². The van der Waals surface area contributed by atoms with E-state index in [0.29, 0.717) is 23.2 Å². The largest absolute Gasteiger partial charge is 0.506 e. The van der Waals surface area contributed by atoms with Crippen LogP contribution in [-0.4, -0.2) is 17.4 Å². The van der Waals surface area contributed by atoms with Crippen LogP contribution in [0.1, 0.15) is 21.5 Å². The molecule has 2 amide bonds. The highest BCUT2D eigenvalue weighted by atomic mass is 19.4. The van der Waals surface area contributed by atoms with E-state index in [0.717, 1.165) is 17.7 Å². The van der Waals surface area contributed by atoms with Gasteiger partial charge in [0.25, 0.3) is 5.91 Å². The van der Waals surface area contributed by atoms with Gasteiger partial charge in [-0.2, -0.15) is 13.2 Å². The van der Waals surface area contributed by atoms with Crippen LogP contribution in [0.5, 0.6) is 5.75 Å². The Balaban J connectivity index is 1.90. The lowest BCUT2D eigenvalue weighted by Crippen LogP contribution is -2.14. The summed E-state index contributed by atoms with van der Waals surface area (Å²) < 4.78 is 38.6. The summed E-state index contributed by atoms with van der Waals surface area (Å²) in [5.41, 5.74) is 1.83. The fourth-order valence-corrected chi connectivity index (χ4v) is 2.93. The lowest BCUT2D eigenvalue weighted by molar-refractivity contribution is -0.137. The Bertz CT molecular complexity index is 1110. The number of hydrogen-bond acceptors (Lipinski definition) is 3. The number of aromatic hydroxyl groups is 1. The Kier molecular flexibility index (Phi) is 5.77. The summed E-state index contributed by atoms with van der Waals surface area (Å²) in [6.07, 6.45) is -4.10. The van der Waals surface area contributed by atoms with Crippen molar-refractivity contribution in [2.45, 2.75) is 13.1 Å². The summed E-state index contributed by atoms with van der Waals surface area (Å²) in [4.78, 5) is 23.1. The average Bonchev–Trinajstić information content (AvgIpc) is 2.71. The number of carbonyl (C=O) groups is 2. The average molecular weight is 414 g/mol. The molecule has 3 rings (SSSR count). The Hall–Kier alpha value is -3.81. The number of alkyl halides is 3. The van der Waals surface area contributed by atoms with Gasteiger partial charge in [-0.25, -0.2) is 0 Å². The predicted molar refractivity (Wildman–Crippen MR) is 107 cm³/mol. The fraction of sp³-hybridized carbons (Fsp3) is 0.0909. The Morgan fingerprint density at radius 3 is 2.50 bits per heavy atom. The minimum atomic E-state index is -4.54. The highest BCUT2D eigenvalue weighted by Crippen LogP contribution is 2.33. The van der Waals surface area contributed by atoms with Gasteiger partial charge >= 0.3 is 6.18 Å². The molecule has 0 aliphatic carbocycles. The molecule has 0 heterocycles. The molecule has 0 atom stereocenters. The number of aryl methyl sites for hydroxylation is 1. The van der Waals surface area contributed by atoms with Crippen LogP contribution in [-0.2, 0) is 11.0 Å². The van der Waals surface area contributed by atoms with Crippen molar-refractivity contribution in [2.24, 2.45) is 0 Å². The van der Waals surface area contributed by atoms with Crippen molar-refractivity contribution in [1.82, 2.24) is 0 Å². The number of nitrogens with one attached hydrogen (secondary N) is 2. The van der Waals surface area contributed by atoms with Gasteiger partial charge in [0.05, 0.1) is 11.3 Å². The highest BCUT2D eigenvalue weighted by molar-refractivity contribution is 6.04. The quantitative estimate of drug-likeness (QED) is 0.396. The summed E-state index contributed by atoms with van der Waals surface area (Å²) in [5, 5.41) is 14.8. The van der Waals surface area contributed by atoms with Crippen molar-refractivity contribution >= 4 is 23.7 Å². The smallest absolute Gasteiger partial charge is 0.416 e. The SMILES string of the molecule is Cc1ccc(NC(=O)c2cccc(C(F)(F)F)c2)cc1-c1ccc(O)c(NC=O)c1. The number of halogens is 3. The number of carbonyl (C=O) groups excluding carboxylic acids is 2. The van der Waals surface area contributed by atoms with Gasteiger partial charge in [-0.15, -0.1) is 0 Å². The van der Waals surface area contributed by atoms with Gasteiger partial charge in [0.15, 0.2) is 0 Å². The van der Waals surface area contributed by atoms with Crippen molar-refractivity contribution in [1.29, 1.82) is 0 Å². The summed E-state index contributed by atoms with van der Waals surface area (Å²) in [7, 11) is 0. The van der Waals surface area contributed by atoms with Crippen molar-refractivity contribution in [3.63, 3.8) is 0 Å². The second-order valence-electron chi connectivity index (χ2n) is 6.56. The van der Waals surface area contributed by atoms with E-state index in [-0.39, 0.29) is 17.0 Å². The number of phenolic OH excluding ortho intramolecular Hbond substituents is 1. The number of rotatable bonds is 5. The van der Waals surface area contributed by atoms with Crippen LogP contribution in [0.25, 0.3) is 11.1 Å². The Morgan fingerprint density at radius 2 is 1.80 bits per heavy atom. The number of phenols is 1. The molecule has 0 aliphatic rings. The van der Waals surface area contributed by atoms with Crippen molar-refractivity contribution in [2.75, 3.05) is 10.6 Å². The van der Waals surface area contributed by atoms with Crippen molar-refractivity contribution in [3.05, 3.63) is 77.4 Å². The zero-order chi connectivity index (χ0) is 21.9.